The summed E-state index contributed by atoms with van der Waals surface area (Å²) in [7, 11) is 3.83. The van der Waals surface area contributed by atoms with E-state index in [-0.39, 0.29) is 0 Å². The molecule has 0 bridgehead atoms. The van der Waals surface area contributed by atoms with Crippen LogP contribution < -0.4 is 0 Å². The van der Waals surface area contributed by atoms with Crippen molar-refractivity contribution in [3.8, 4) is 0 Å². The van der Waals surface area contributed by atoms with Gasteiger partial charge in [-0.2, -0.15) is 0 Å². The van der Waals surface area contributed by atoms with Crippen LogP contribution in [0, 0.1) is 5.92 Å². The van der Waals surface area contributed by atoms with E-state index in [1.807, 2.05) is 0 Å². The average molecular weight is 426 g/mol. The number of nitrogens with zero attached hydrogens (tertiary/aromatic N) is 3. The third-order valence-electron chi connectivity index (χ3n) is 7.42. The van der Waals surface area contributed by atoms with Crippen LogP contribution in [0.3, 0.4) is 0 Å². The molecule has 0 aliphatic carbocycles. The quantitative estimate of drug-likeness (QED) is 0.603. The summed E-state index contributed by atoms with van der Waals surface area (Å²) >= 11 is 0. The zero-order valence-corrected chi connectivity index (χ0v) is 19.4. The van der Waals surface area contributed by atoms with E-state index in [2.05, 4.69) is 51.9 Å². The average Bonchev–Trinajstić information content (AvgIpc) is 3.12. The molecule has 0 spiro atoms. The fourth-order valence-corrected chi connectivity index (χ4v) is 5.81. The molecule has 0 saturated carbocycles. The van der Waals surface area contributed by atoms with Crippen molar-refractivity contribution >= 4 is 16.8 Å². The normalized spacial score (nSPS) is 21.9. The lowest BCUT2D eigenvalue weighted by Gasteiger charge is -2.45. The molecule has 0 N–H and O–H groups in total. The number of carbonyl (C=O) groups is 1. The minimum Gasteiger partial charge on any atom is -0.383 e. The van der Waals surface area contributed by atoms with Gasteiger partial charge in [-0.25, -0.2) is 0 Å². The zero-order chi connectivity index (χ0) is 21.6. The van der Waals surface area contributed by atoms with Gasteiger partial charge in [0.15, 0.2) is 0 Å². The molecule has 2 fully saturated rings. The van der Waals surface area contributed by atoms with Crippen molar-refractivity contribution in [2.24, 2.45) is 13.0 Å². The van der Waals surface area contributed by atoms with Crippen LogP contribution in [0.4, 0.5) is 0 Å². The lowest BCUT2D eigenvalue weighted by Crippen LogP contribution is -2.52. The lowest BCUT2D eigenvalue weighted by atomic mass is 9.83. The number of piperidine rings is 2. The number of hydrogen-bond donors (Lipinski definition) is 0. The molecule has 2 aromatic rings. The molecular weight excluding hydrogens is 386 g/mol. The SMILES string of the molecule is COCCN(CC1CCCN2CCCCC12)C(=O)CCCc1cn(C)c2ccccc12. The van der Waals surface area contributed by atoms with Gasteiger partial charge in [0.2, 0.25) is 5.91 Å². The van der Waals surface area contributed by atoms with Crippen molar-refractivity contribution in [2.75, 3.05) is 39.9 Å². The monoisotopic (exact) mass is 425 g/mol. The van der Waals surface area contributed by atoms with E-state index in [1.165, 1.54) is 61.7 Å². The lowest BCUT2D eigenvalue weighted by molar-refractivity contribution is -0.133. The highest BCUT2D eigenvalue weighted by Gasteiger charge is 2.34. The number of fused-ring (bicyclic) bond motifs is 2. The number of ether oxygens (including phenoxy) is 1. The predicted octanol–water partition coefficient (Wildman–Crippen LogP) is 4.24. The van der Waals surface area contributed by atoms with Crippen LogP contribution in [0.2, 0.25) is 0 Å². The summed E-state index contributed by atoms with van der Waals surface area (Å²) < 4.78 is 7.53. The van der Waals surface area contributed by atoms with Gasteiger partial charge in [-0.05, 0) is 69.2 Å². The molecule has 0 radical (unpaired) electrons. The second kappa shape index (κ2) is 10.6. The van der Waals surface area contributed by atoms with Crippen LogP contribution >= 0.6 is 0 Å². The molecule has 2 atom stereocenters. The molecule has 1 aromatic carbocycles. The van der Waals surface area contributed by atoms with E-state index >= 15 is 0 Å². The Hall–Kier alpha value is -1.85. The summed E-state index contributed by atoms with van der Waals surface area (Å²) in [5, 5.41) is 1.31. The third-order valence-corrected chi connectivity index (χ3v) is 7.42. The molecule has 2 unspecified atom stereocenters. The van der Waals surface area contributed by atoms with E-state index in [1.54, 1.807) is 7.11 Å². The Morgan fingerprint density at radius 2 is 2.00 bits per heavy atom. The first-order chi connectivity index (χ1) is 15.2. The van der Waals surface area contributed by atoms with Crippen LogP contribution in [0.15, 0.2) is 30.5 Å². The summed E-state index contributed by atoms with van der Waals surface area (Å²) in [5.74, 6) is 0.915. The largest absolute Gasteiger partial charge is 0.383 e. The Bertz CT molecular complexity index is 859. The van der Waals surface area contributed by atoms with Gasteiger partial charge >= 0.3 is 0 Å². The van der Waals surface area contributed by atoms with E-state index in [9.17, 15) is 4.79 Å². The van der Waals surface area contributed by atoms with Crippen LogP contribution in [-0.4, -0.2) is 66.2 Å². The molecule has 5 heteroatoms. The molecule has 1 aromatic heterocycles. The van der Waals surface area contributed by atoms with Crippen molar-refractivity contribution in [1.29, 1.82) is 0 Å². The summed E-state index contributed by atoms with van der Waals surface area (Å²) in [6.45, 7) is 4.73. The fraction of sp³-hybridized carbons (Fsp3) is 0.654. The van der Waals surface area contributed by atoms with Crippen molar-refractivity contribution in [3.63, 3.8) is 0 Å². The maximum absolute atomic E-state index is 13.2. The number of para-hydroxylation sites is 1. The summed E-state index contributed by atoms with van der Waals surface area (Å²) in [4.78, 5) is 18.0. The summed E-state index contributed by atoms with van der Waals surface area (Å²) in [5.41, 5.74) is 2.61. The van der Waals surface area contributed by atoms with E-state index in [0.717, 1.165) is 19.4 Å². The first kappa shape index (κ1) is 22.3. The van der Waals surface area contributed by atoms with E-state index in [4.69, 9.17) is 4.74 Å². The standard InChI is InChI=1S/C26H39N3O2/c1-27-19-21(23-11-3-4-13-25(23)27)9-7-14-26(30)29(17-18-31-2)20-22-10-8-16-28-15-6-5-12-24(22)28/h3-4,11,13,19,22,24H,5-10,12,14-18,20H2,1-2H3. The number of aryl methyl sites for hydroxylation is 2. The van der Waals surface area contributed by atoms with E-state index in [0.29, 0.717) is 37.4 Å². The molecule has 170 valence electrons. The predicted molar refractivity (Wildman–Crippen MR) is 126 cm³/mol. The number of aromatic nitrogens is 1. The highest BCUT2D eigenvalue weighted by molar-refractivity contribution is 5.84. The number of amides is 1. The molecule has 5 nitrogen and oxygen atoms in total. The van der Waals surface area contributed by atoms with Gasteiger partial charge in [0.05, 0.1) is 6.61 Å². The van der Waals surface area contributed by atoms with Crippen LogP contribution in [0.25, 0.3) is 10.9 Å². The number of rotatable bonds is 9. The molecule has 3 heterocycles. The second-order valence-corrected chi connectivity index (χ2v) is 9.47. The Labute approximate surface area is 187 Å². The van der Waals surface area contributed by atoms with Crippen molar-refractivity contribution in [3.05, 3.63) is 36.0 Å². The number of carbonyl (C=O) groups excluding carboxylic acids is 1. The molecule has 2 saturated heterocycles. The minimum atomic E-state index is 0.296. The van der Waals surface area contributed by atoms with Gasteiger partial charge in [0, 0.05) is 56.8 Å². The maximum Gasteiger partial charge on any atom is 0.222 e. The fourth-order valence-electron chi connectivity index (χ4n) is 5.81. The number of benzene rings is 1. The third kappa shape index (κ3) is 5.32. The Morgan fingerprint density at radius 1 is 1.16 bits per heavy atom. The summed E-state index contributed by atoms with van der Waals surface area (Å²) in [6.07, 6.45) is 11.2. The van der Waals surface area contributed by atoms with Gasteiger partial charge in [0.25, 0.3) is 0 Å². The van der Waals surface area contributed by atoms with Crippen LogP contribution in [0.1, 0.15) is 50.5 Å². The number of methoxy groups -OCH3 is 1. The highest BCUT2D eigenvalue weighted by Crippen LogP contribution is 2.31. The van der Waals surface area contributed by atoms with Gasteiger partial charge in [-0.15, -0.1) is 0 Å². The highest BCUT2D eigenvalue weighted by atomic mass is 16.5. The van der Waals surface area contributed by atoms with Gasteiger partial charge in [0.1, 0.15) is 0 Å². The Kier molecular flexibility index (Phi) is 7.67. The second-order valence-electron chi connectivity index (χ2n) is 9.47. The van der Waals surface area contributed by atoms with Gasteiger partial charge < -0.3 is 19.1 Å². The van der Waals surface area contributed by atoms with Crippen LogP contribution in [0.5, 0.6) is 0 Å². The molecule has 4 rings (SSSR count). The molecule has 31 heavy (non-hydrogen) atoms. The van der Waals surface area contributed by atoms with Crippen molar-refractivity contribution in [1.82, 2.24) is 14.4 Å². The van der Waals surface area contributed by atoms with Gasteiger partial charge in [-0.1, -0.05) is 24.6 Å². The van der Waals surface area contributed by atoms with Crippen molar-refractivity contribution in [2.45, 2.75) is 57.4 Å². The smallest absolute Gasteiger partial charge is 0.222 e. The zero-order valence-electron chi connectivity index (χ0n) is 19.4. The molecule has 2 aliphatic rings. The topological polar surface area (TPSA) is 37.7 Å². The molecular formula is C26H39N3O2. The summed E-state index contributed by atoms with van der Waals surface area (Å²) in [6, 6.07) is 9.21. The Balaban J connectivity index is 1.35. The maximum atomic E-state index is 13.2. The van der Waals surface area contributed by atoms with Crippen molar-refractivity contribution < 1.29 is 9.53 Å². The van der Waals surface area contributed by atoms with E-state index < -0.39 is 0 Å². The first-order valence-electron chi connectivity index (χ1n) is 12.2. The van der Waals surface area contributed by atoms with Crippen LogP contribution in [-0.2, 0) is 23.0 Å². The van der Waals surface area contributed by atoms with Gasteiger partial charge in [-0.3, -0.25) is 4.79 Å². The Morgan fingerprint density at radius 3 is 2.87 bits per heavy atom. The molecule has 2 aliphatic heterocycles. The first-order valence-corrected chi connectivity index (χ1v) is 12.2. The number of hydrogen-bond acceptors (Lipinski definition) is 3. The molecule has 1 amide bonds. The minimum absolute atomic E-state index is 0.296.